The van der Waals surface area contributed by atoms with Gasteiger partial charge in [-0.05, 0) is 6.42 Å². The Bertz CT molecular complexity index is 406. The zero-order chi connectivity index (χ0) is 13.4. The van der Waals surface area contributed by atoms with E-state index in [1.807, 2.05) is 17.8 Å². The second-order valence-electron chi connectivity index (χ2n) is 3.64. The van der Waals surface area contributed by atoms with Crippen LogP contribution in [-0.4, -0.2) is 40.8 Å². The molecule has 0 radical (unpaired) electrons. The summed E-state index contributed by atoms with van der Waals surface area (Å²) in [4.78, 5) is 26.4. The number of rotatable bonds is 7. The third kappa shape index (κ3) is 5.22. The number of hydrogen-bond donors (Lipinski definition) is 1. The highest BCUT2D eigenvalue weighted by Gasteiger charge is 2.06. The van der Waals surface area contributed by atoms with Crippen LogP contribution in [0.2, 0.25) is 0 Å². The van der Waals surface area contributed by atoms with E-state index < -0.39 is 0 Å². The number of imidazole rings is 1. The van der Waals surface area contributed by atoms with Crippen LogP contribution in [0, 0.1) is 0 Å². The van der Waals surface area contributed by atoms with Crippen LogP contribution >= 0.6 is 11.8 Å². The van der Waals surface area contributed by atoms with E-state index in [2.05, 4.69) is 15.0 Å². The summed E-state index contributed by atoms with van der Waals surface area (Å²) in [6.07, 6.45) is 4.43. The Labute approximate surface area is 110 Å². The van der Waals surface area contributed by atoms with Crippen molar-refractivity contribution in [3.63, 3.8) is 0 Å². The van der Waals surface area contributed by atoms with E-state index in [0.717, 1.165) is 5.16 Å². The fourth-order valence-electron chi connectivity index (χ4n) is 1.23. The number of hydrogen-bond acceptors (Lipinski definition) is 5. The smallest absolute Gasteiger partial charge is 0.305 e. The number of carbonyl (C=O) groups excluding carboxylic acids is 2. The second-order valence-corrected chi connectivity index (χ2v) is 4.58. The Morgan fingerprint density at radius 1 is 1.56 bits per heavy atom. The van der Waals surface area contributed by atoms with Gasteiger partial charge in [-0.25, -0.2) is 4.98 Å². The fourth-order valence-corrected chi connectivity index (χ4v) is 2.00. The first kappa shape index (κ1) is 14.6. The summed E-state index contributed by atoms with van der Waals surface area (Å²) in [7, 11) is 3.23. The first-order valence-corrected chi connectivity index (χ1v) is 6.55. The molecule has 0 atom stereocenters. The van der Waals surface area contributed by atoms with E-state index in [-0.39, 0.29) is 11.9 Å². The SMILES string of the molecule is COC(=O)CCCNC(=O)CSc1nccn1C. The molecule has 1 N–H and O–H groups in total. The van der Waals surface area contributed by atoms with Crippen molar-refractivity contribution in [1.82, 2.24) is 14.9 Å². The van der Waals surface area contributed by atoms with Gasteiger partial charge in [-0.3, -0.25) is 9.59 Å². The van der Waals surface area contributed by atoms with E-state index in [4.69, 9.17) is 0 Å². The number of methoxy groups -OCH3 is 1. The van der Waals surface area contributed by atoms with E-state index >= 15 is 0 Å². The summed E-state index contributed by atoms with van der Waals surface area (Å²) in [6.45, 7) is 0.481. The number of nitrogens with one attached hydrogen (secondary N) is 1. The van der Waals surface area contributed by atoms with Gasteiger partial charge in [-0.2, -0.15) is 0 Å². The lowest BCUT2D eigenvalue weighted by atomic mass is 10.3. The maximum Gasteiger partial charge on any atom is 0.305 e. The highest BCUT2D eigenvalue weighted by Crippen LogP contribution is 2.13. The van der Waals surface area contributed by atoms with Gasteiger partial charge in [0, 0.05) is 32.4 Å². The van der Waals surface area contributed by atoms with Gasteiger partial charge < -0.3 is 14.6 Å². The first-order valence-electron chi connectivity index (χ1n) is 5.57. The third-order valence-electron chi connectivity index (χ3n) is 2.22. The predicted octanol–water partition coefficient (Wildman–Crippen LogP) is 0.582. The van der Waals surface area contributed by atoms with Crippen molar-refractivity contribution >= 4 is 23.6 Å². The number of thioether (sulfide) groups is 1. The number of carbonyl (C=O) groups is 2. The van der Waals surface area contributed by atoms with Gasteiger partial charge in [0.2, 0.25) is 5.91 Å². The minimum atomic E-state index is -0.258. The molecular weight excluding hydrogens is 254 g/mol. The first-order chi connectivity index (χ1) is 8.63. The molecule has 0 aromatic carbocycles. The number of aromatic nitrogens is 2. The summed E-state index contributed by atoms with van der Waals surface area (Å²) in [5.74, 6) is 0.00259. The normalized spacial score (nSPS) is 10.1. The Morgan fingerprint density at radius 3 is 2.94 bits per heavy atom. The molecule has 0 aliphatic rings. The minimum absolute atomic E-state index is 0.0622. The Hall–Kier alpha value is -1.50. The predicted molar refractivity (Wildman–Crippen MR) is 68.2 cm³/mol. The average molecular weight is 271 g/mol. The van der Waals surface area contributed by atoms with Gasteiger partial charge in [-0.15, -0.1) is 0 Å². The molecule has 1 aromatic heterocycles. The van der Waals surface area contributed by atoms with Crippen LogP contribution < -0.4 is 5.32 Å². The monoisotopic (exact) mass is 271 g/mol. The zero-order valence-electron chi connectivity index (χ0n) is 10.5. The van der Waals surface area contributed by atoms with Gasteiger partial charge in [0.15, 0.2) is 5.16 Å². The van der Waals surface area contributed by atoms with Crippen molar-refractivity contribution < 1.29 is 14.3 Å². The van der Waals surface area contributed by atoms with Crippen molar-refractivity contribution in [2.75, 3.05) is 19.4 Å². The number of ether oxygens (including phenoxy) is 1. The van der Waals surface area contributed by atoms with Crippen molar-refractivity contribution in [1.29, 1.82) is 0 Å². The van der Waals surface area contributed by atoms with Gasteiger partial charge in [0.1, 0.15) is 0 Å². The van der Waals surface area contributed by atoms with Gasteiger partial charge >= 0.3 is 5.97 Å². The highest BCUT2D eigenvalue weighted by atomic mass is 32.2. The van der Waals surface area contributed by atoms with Crippen LogP contribution in [0.25, 0.3) is 0 Å². The van der Waals surface area contributed by atoms with Crippen LogP contribution in [0.15, 0.2) is 17.6 Å². The van der Waals surface area contributed by atoms with Crippen molar-refractivity contribution in [3.05, 3.63) is 12.4 Å². The second kappa shape index (κ2) is 7.75. The maximum atomic E-state index is 11.5. The molecule has 0 aliphatic carbocycles. The molecule has 0 aliphatic heterocycles. The lowest BCUT2D eigenvalue weighted by Crippen LogP contribution is -2.26. The molecule has 1 amide bonds. The van der Waals surface area contributed by atoms with Gasteiger partial charge in [-0.1, -0.05) is 11.8 Å². The molecule has 6 nitrogen and oxygen atoms in total. The molecule has 100 valence electrons. The van der Waals surface area contributed by atoms with Crippen LogP contribution in [0.3, 0.4) is 0 Å². The standard InChI is InChI=1S/C11H17N3O3S/c1-14-7-6-13-11(14)18-8-9(15)12-5-3-4-10(16)17-2/h6-7H,3-5,8H2,1-2H3,(H,12,15). The summed E-state index contributed by atoms with van der Waals surface area (Å²) < 4.78 is 6.36. The van der Waals surface area contributed by atoms with Crippen LogP contribution in [0.1, 0.15) is 12.8 Å². The van der Waals surface area contributed by atoms with Gasteiger partial charge in [0.05, 0.1) is 12.9 Å². The van der Waals surface area contributed by atoms with Gasteiger partial charge in [0.25, 0.3) is 0 Å². The molecule has 1 aromatic rings. The van der Waals surface area contributed by atoms with E-state index in [1.54, 1.807) is 6.20 Å². The molecule has 1 heterocycles. The maximum absolute atomic E-state index is 11.5. The third-order valence-corrected chi connectivity index (χ3v) is 3.27. The van der Waals surface area contributed by atoms with Crippen LogP contribution in [0.5, 0.6) is 0 Å². The van der Waals surface area contributed by atoms with Crippen molar-refractivity contribution in [2.45, 2.75) is 18.0 Å². The lowest BCUT2D eigenvalue weighted by molar-refractivity contribution is -0.140. The minimum Gasteiger partial charge on any atom is -0.469 e. The largest absolute Gasteiger partial charge is 0.469 e. The zero-order valence-corrected chi connectivity index (χ0v) is 11.3. The number of amides is 1. The topological polar surface area (TPSA) is 73.2 Å². The summed E-state index contributed by atoms with van der Waals surface area (Å²) in [6, 6.07) is 0. The van der Waals surface area contributed by atoms with Crippen molar-refractivity contribution in [3.8, 4) is 0 Å². The molecule has 0 bridgehead atoms. The summed E-state index contributed by atoms with van der Waals surface area (Å²) in [5, 5.41) is 3.54. The molecular formula is C11H17N3O3S. The van der Waals surface area contributed by atoms with E-state index in [9.17, 15) is 9.59 Å². The summed E-state index contributed by atoms with van der Waals surface area (Å²) >= 11 is 1.38. The van der Waals surface area contributed by atoms with E-state index in [1.165, 1.54) is 18.9 Å². The molecule has 0 saturated heterocycles. The molecule has 0 fully saturated rings. The molecule has 18 heavy (non-hydrogen) atoms. The Kier molecular flexibility index (Phi) is 6.27. The van der Waals surface area contributed by atoms with Crippen LogP contribution in [-0.2, 0) is 21.4 Å². The molecule has 1 rings (SSSR count). The number of nitrogens with zero attached hydrogens (tertiary/aromatic N) is 2. The number of aryl methyl sites for hydroxylation is 1. The highest BCUT2D eigenvalue weighted by molar-refractivity contribution is 7.99. The lowest BCUT2D eigenvalue weighted by Gasteiger charge is -2.04. The molecule has 0 unspecified atom stereocenters. The molecule has 7 heteroatoms. The molecule has 0 spiro atoms. The van der Waals surface area contributed by atoms with E-state index in [0.29, 0.717) is 25.1 Å². The average Bonchev–Trinajstić information content (AvgIpc) is 2.77. The summed E-state index contributed by atoms with van der Waals surface area (Å²) in [5.41, 5.74) is 0. The Morgan fingerprint density at radius 2 is 2.33 bits per heavy atom. The van der Waals surface area contributed by atoms with Crippen LogP contribution in [0.4, 0.5) is 0 Å². The fraction of sp³-hybridized carbons (Fsp3) is 0.545. The number of esters is 1. The molecule has 0 saturated carbocycles. The Balaban J connectivity index is 2.11. The van der Waals surface area contributed by atoms with Crippen molar-refractivity contribution in [2.24, 2.45) is 7.05 Å². The quantitative estimate of drug-likeness (QED) is 0.446.